The topological polar surface area (TPSA) is 62.1 Å². The number of nitrogens with zero attached hydrogens (tertiary/aromatic N) is 1. The molecule has 1 aromatic carbocycles. The van der Waals surface area contributed by atoms with Gasteiger partial charge in [-0.05, 0) is 79.9 Å². The summed E-state index contributed by atoms with van der Waals surface area (Å²) in [4.78, 5) is 11.8. The minimum atomic E-state index is -0.251. The van der Waals surface area contributed by atoms with E-state index in [2.05, 4.69) is 11.4 Å². The first-order valence-electron chi connectivity index (χ1n) is 8.97. The average molecular weight is 324 g/mol. The standard InChI is InChI=1S/C20H24N2O2/c1-24-18-3-2-16(22-19(23)4-5-21)9-17(18)20-10-13-6-14(11-20)8-15(7-13)12-20/h2-3,9,13-15H,4,6-8,10-12H2,1H3,(H,22,23). The molecule has 4 aliphatic rings. The number of hydrogen-bond acceptors (Lipinski definition) is 3. The van der Waals surface area contributed by atoms with Crippen molar-refractivity contribution in [3.63, 3.8) is 0 Å². The molecule has 0 unspecified atom stereocenters. The summed E-state index contributed by atoms with van der Waals surface area (Å²) >= 11 is 0. The van der Waals surface area contributed by atoms with E-state index in [0.29, 0.717) is 0 Å². The van der Waals surface area contributed by atoms with Crippen LogP contribution in [0.5, 0.6) is 5.75 Å². The molecular formula is C20H24N2O2. The van der Waals surface area contributed by atoms with Gasteiger partial charge in [0.1, 0.15) is 12.2 Å². The Labute approximate surface area is 143 Å². The van der Waals surface area contributed by atoms with Gasteiger partial charge in [-0.25, -0.2) is 0 Å². The first kappa shape index (κ1) is 15.5. The van der Waals surface area contributed by atoms with Gasteiger partial charge in [0.05, 0.1) is 13.2 Å². The van der Waals surface area contributed by atoms with Gasteiger partial charge >= 0.3 is 0 Å². The third kappa shape index (κ3) is 2.56. The second kappa shape index (κ2) is 5.81. The summed E-state index contributed by atoms with van der Waals surface area (Å²) < 4.78 is 5.68. The molecule has 1 aromatic rings. The molecule has 0 spiro atoms. The lowest BCUT2D eigenvalue weighted by molar-refractivity contribution is -0.115. The van der Waals surface area contributed by atoms with Crippen LogP contribution in [0.4, 0.5) is 5.69 Å². The summed E-state index contributed by atoms with van der Waals surface area (Å²) in [6, 6.07) is 7.84. The highest BCUT2D eigenvalue weighted by atomic mass is 16.5. The Morgan fingerprint density at radius 1 is 1.25 bits per heavy atom. The molecule has 24 heavy (non-hydrogen) atoms. The van der Waals surface area contributed by atoms with E-state index in [4.69, 9.17) is 10.00 Å². The van der Waals surface area contributed by atoms with Gasteiger partial charge in [-0.1, -0.05) is 0 Å². The smallest absolute Gasteiger partial charge is 0.238 e. The molecule has 4 bridgehead atoms. The summed E-state index contributed by atoms with van der Waals surface area (Å²) in [5, 5.41) is 11.5. The van der Waals surface area contributed by atoms with Gasteiger partial charge in [0.25, 0.3) is 0 Å². The summed E-state index contributed by atoms with van der Waals surface area (Å²) in [5.41, 5.74) is 2.26. The number of carbonyl (C=O) groups is 1. The SMILES string of the molecule is COc1ccc(NC(=O)CC#N)cc1C12CC3CC(CC(C3)C1)C2. The Bertz CT molecular complexity index is 669. The van der Waals surface area contributed by atoms with E-state index >= 15 is 0 Å². The van der Waals surface area contributed by atoms with Crippen molar-refractivity contribution in [2.24, 2.45) is 17.8 Å². The summed E-state index contributed by atoms with van der Waals surface area (Å²) in [5.74, 6) is 3.27. The molecule has 0 atom stereocenters. The Kier molecular flexibility index (Phi) is 3.75. The molecule has 4 saturated carbocycles. The highest BCUT2D eigenvalue weighted by molar-refractivity contribution is 5.92. The first-order valence-corrected chi connectivity index (χ1v) is 8.97. The van der Waals surface area contributed by atoms with Crippen molar-refractivity contribution in [3.8, 4) is 11.8 Å². The zero-order valence-electron chi connectivity index (χ0n) is 14.2. The van der Waals surface area contributed by atoms with Crippen LogP contribution in [0.25, 0.3) is 0 Å². The van der Waals surface area contributed by atoms with Crippen LogP contribution in [0.15, 0.2) is 18.2 Å². The minimum Gasteiger partial charge on any atom is -0.496 e. The third-order valence-corrected chi connectivity index (χ3v) is 6.33. The van der Waals surface area contributed by atoms with Gasteiger partial charge in [-0.15, -0.1) is 0 Å². The normalized spacial score (nSPS) is 33.1. The Morgan fingerprint density at radius 2 is 1.88 bits per heavy atom. The summed E-state index contributed by atoms with van der Waals surface area (Å²) in [7, 11) is 1.73. The summed E-state index contributed by atoms with van der Waals surface area (Å²) in [6.45, 7) is 0. The van der Waals surface area contributed by atoms with Gasteiger partial charge in [0, 0.05) is 11.3 Å². The highest BCUT2D eigenvalue weighted by Gasteiger charge is 2.52. The number of benzene rings is 1. The van der Waals surface area contributed by atoms with E-state index in [-0.39, 0.29) is 17.7 Å². The molecule has 4 heteroatoms. The van der Waals surface area contributed by atoms with Crippen molar-refractivity contribution in [1.29, 1.82) is 5.26 Å². The fourth-order valence-corrected chi connectivity index (χ4v) is 5.92. The molecule has 0 saturated heterocycles. The van der Waals surface area contributed by atoms with Crippen LogP contribution >= 0.6 is 0 Å². The lowest BCUT2D eigenvalue weighted by Crippen LogP contribution is -2.48. The summed E-state index contributed by atoms with van der Waals surface area (Å²) in [6.07, 6.45) is 7.86. The molecular weight excluding hydrogens is 300 g/mol. The molecule has 0 heterocycles. The maximum atomic E-state index is 11.8. The van der Waals surface area contributed by atoms with Crippen LogP contribution < -0.4 is 10.1 Å². The number of nitrogens with one attached hydrogen (secondary N) is 1. The number of amides is 1. The Balaban J connectivity index is 1.68. The maximum Gasteiger partial charge on any atom is 0.238 e. The van der Waals surface area contributed by atoms with Crippen LogP contribution in [0.1, 0.15) is 50.5 Å². The third-order valence-electron chi connectivity index (χ3n) is 6.33. The van der Waals surface area contributed by atoms with E-state index in [1.54, 1.807) is 7.11 Å². The molecule has 126 valence electrons. The lowest BCUT2D eigenvalue weighted by atomic mass is 9.48. The van der Waals surface area contributed by atoms with Crippen LogP contribution in [0, 0.1) is 29.1 Å². The number of methoxy groups -OCH3 is 1. The number of rotatable bonds is 4. The number of nitriles is 1. The fourth-order valence-electron chi connectivity index (χ4n) is 5.92. The minimum absolute atomic E-state index is 0.112. The average Bonchev–Trinajstić information content (AvgIpc) is 2.54. The monoisotopic (exact) mass is 324 g/mol. The number of ether oxygens (including phenoxy) is 1. The lowest BCUT2D eigenvalue weighted by Gasteiger charge is -2.57. The predicted octanol–water partition coefficient (Wildman–Crippen LogP) is 4.02. The van der Waals surface area contributed by atoms with Crippen LogP contribution in [-0.2, 0) is 10.2 Å². The quantitative estimate of drug-likeness (QED) is 0.910. The fraction of sp³-hybridized carbons (Fsp3) is 0.600. The van der Waals surface area contributed by atoms with E-state index < -0.39 is 0 Å². The van der Waals surface area contributed by atoms with Gasteiger partial charge in [0.2, 0.25) is 5.91 Å². The van der Waals surface area contributed by atoms with Crippen LogP contribution in [0.3, 0.4) is 0 Å². The first-order chi connectivity index (χ1) is 11.6. The number of hydrogen-bond donors (Lipinski definition) is 1. The van der Waals surface area contributed by atoms with Crippen molar-refractivity contribution in [1.82, 2.24) is 0 Å². The van der Waals surface area contributed by atoms with Crippen molar-refractivity contribution in [3.05, 3.63) is 23.8 Å². The second-order valence-electron chi connectivity index (χ2n) is 8.00. The number of carbonyl (C=O) groups excluding carboxylic acids is 1. The molecule has 1 amide bonds. The molecule has 4 nitrogen and oxygen atoms in total. The molecule has 4 aliphatic carbocycles. The van der Waals surface area contributed by atoms with Crippen molar-refractivity contribution in [2.75, 3.05) is 12.4 Å². The van der Waals surface area contributed by atoms with Crippen molar-refractivity contribution in [2.45, 2.75) is 50.4 Å². The van der Waals surface area contributed by atoms with E-state index in [1.807, 2.05) is 18.2 Å². The Hall–Kier alpha value is -2.02. The van der Waals surface area contributed by atoms with E-state index in [1.165, 1.54) is 44.1 Å². The second-order valence-corrected chi connectivity index (χ2v) is 8.00. The highest BCUT2D eigenvalue weighted by Crippen LogP contribution is 2.62. The maximum absolute atomic E-state index is 11.8. The Morgan fingerprint density at radius 3 is 2.42 bits per heavy atom. The van der Waals surface area contributed by atoms with Gasteiger partial charge in [0.15, 0.2) is 0 Å². The van der Waals surface area contributed by atoms with Gasteiger partial charge in [-0.2, -0.15) is 5.26 Å². The zero-order valence-corrected chi connectivity index (χ0v) is 14.2. The van der Waals surface area contributed by atoms with Crippen molar-refractivity contribution < 1.29 is 9.53 Å². The zero-order chi connectivity index (χ0) is 16.7. The van der Waals surface area contributed by atoms with E-state index in [9.17, 15) is 4.79 Å². The van der Waals surface area contributed by atoms with Crippen molar-refractivity contribution >= 4 is 11.6 Å². The molecule has 0 aliphatic heterocycles. The largest absolute Gasteiger partial charge is 0.496 e. The number of anilines is 1. The molecule has 1 N–H and O–H groups in total. The molecule has 5 rings (SSSR count). The predicted molar refractivity (Wildman–Crippen MR) is 91.7 cm³/mol. The van der Waals surface area contributed by atoms with Crippen LogP contribution in [-0.4, -0.2) is 13.0 Å². The molecule has 0 radical (unpaired) electrons. The van der Waals surface area contributed by atoms with E-state index in [0.717, 1.165) is 29.2 Å². The van der Waals surface area contributed by atoms with Crippen LogP contribution in [0.2, 0.25) is 0 Å². The van der Waals surface area contributed by atoms with Gasteiger partial charge in [-0.3, -0.25) is 4.79 Å². The molecule has 0 aromatic heterocycles. The molecule has 4 fully saturated rings. The van der Waals surface area contributed by atoms with Gasteiger partial charge < -0.3 is 10.1 Å².